The second kappa shape index (κ2) is 11.4. The lowest BCUT2D eigenvalue weighted by molar-refractivity contribution is -0.121. The van der Waals surface area contributed by atoms with Crippen LogP contribution in [0.5, 0.6) is 5.75 Å². The number of ether oxygens (including phenoxy) is 1. The van der Waals surface area contributed by atoms with Crippen molar-refractivity contribution in [1.82, 2.24) is 10.9 Å². The summed E-state index contributed by atoms with van der Waals surface area (Å²) in [5, 5.41) is 0. The fourth-order valence-electron chi connectivity index (χ4n) is 2.52. The van der Waals surface area contributed by atoms with Crippen LogP contribution in [0.1, 0.15) is 48.5 Å². The maximum absolute atomic E-state index is 12.5. The summed E-state index contributed by atoms with van der Waals surface area (Å²) in [5.41, 5.74) is 6.45. The van der Waals surface area contributed by atoms with Crippen LogP contribution in [0, 0.1) is 0 Å². The molecule has 6 heteroatoms. The molecule has 0 radical (unpaired) electrons. The average Bonchev–Trinajstić information content (AvgIpc) is 2.68. The van der Waals surface area contributed by atoms with Crippen molar-refractivity contribution in [3.8, 4) is 5.75 Å². The summed E-state index contributed by atoms with van der Waals surface area (Å²) in [6.45, 7) is 2.53. The lowest BCUT2D eigenvalue weighted by atomic mass is 10.1. The molecular formula is C21H25BrN2O3. The van der Waals surface area contributed by atoms with E-state index in [2.05, 4.69) is 33.7 Å². The summed E-state index contributed by atoms with van der Waals surface area (Å²) >= 11 is 3.37. The number of amides is 2. The number of nitrogens with one attached hydrogen (secondary N) is 2. The molecule has 0 spiro atoms. The molecule has 2 amide bonds. The lowest BCUT2D eigenvalue weighted by Gasteiger charge is -2.13. The van der Waals surface area contributed by atoms with Crippen LogP contribution in [-0.4, -0.2) is 18.4 Å². The minimum Gasteiger partial charge on any atom is -0.492 e. The second-order valence-corrected chi connectivity index (χ2v) is 7.10. The van der Waals surface area contributed by atoms with Crippen molar-refractivity contribution < 1.29 is 14.3 Å². The molecule has 2 N–H and O–H groups in total. The molecular weight excluding hydrogens is 408 g/mol. The lowest BCUT2D eigenvalue weighted by Crippen LogP contribution is -2.41. The Balaban J connectivity index is 1.91. The normalized spacial score (nSPS) is 10.3. The highest BCUT2D eigenvalue weighted by molar-refractivity contribution is 9.10. The maximum Gasteiger partial charge on any atom is 0.273 e. The third kappa shape index (κ3) is 7.43. The Morgan fingerprint density at radius 2 is 1.81 bits per heavy atom. The molecule has 0 saturated carbocycles. The van der Waals surface area contributed by atoms with Gasteiger partial charge in [0.15, 0.2) is 0 Å². The number of hydrazine groups is 1. The van der Waals surface area contributed by atoms with Crippen molar-refractivity contribution in [3.05, 3.63) is 64.1 Å². The molecule has 27 heavy (non-hydrogen) atoms. The minimum atomic E-state index is -0.408. The van der Waals surface area contributed by atoms with Gasteiger partial charge in [0.2, 0.25) is 5.91 Å². The van der Waals surface area contributed by atoms with Crippen molar-refractivity contribution in [3.63, 3.8) is 0 Å². The van der Waals surface area contributed by atoms with Crippen molar-refractivity contribution in [2.24, 2.45) is 0 Å². The summed E-state index contributed by atoms with van der Waals surface area (Å²) in [5.74, 6) is -0.125. The number of benzene rings is 2. The molecule has 5 nitrogen and oxygen atoms in total. The molecule has 0 aliphatic rings. The standard InChI is InChI=1S/C21H25BrN2O3/c1-2-3-5-10-20(25)23-24-21(26)18-15-17(22)11-12-19(18)27-14-13-16-8-6-4-7-9-16/h4,6-9,11-12,15H,2-3,5,10,13-14H2,1H3,(H,23,25)(H,24,26). The Morgan fingerprint density at radius 1 is 1.04 bits per heavy atom. The Kier molecular flexibility index (Phi) is 8.84. The summed E-state index contributed by atoms with van der Waals surface area (Å²) in [4.78, 5) is 24.2. The van der Waals surface area contributed by atoms with Crippen LogP contribution in [0.15, 0.2) is 53.0 Å². The summed E-state index contributed by atoms with van der Waals surface area (Å²) in [6, 6.07) is 15.2. The Bertz CT molecular complexity index is 750. The summed E-state index contributed by atoms with van der Waals surface area (Å²) in [6.07, 6.45) is 3.98. The van der Waals surface area contributed by atoms with E-state index in [1.54, 1.807) is 12.1 Å². The van der Waals surface area contributed by atoms with Gasteiger partial charge in [0, 0.05) is 17.3 Å². The molecule has 0 bridgehead atoms. The van der Waals surface area contributed by atoms with Gasteiger partial charge in [-0.05, 0) is 30.2 Å². The van der Waals surface area contributed by atoms with Gasteiger partial charge in [0.05, 0.1) is 12.2 Å². The van der Waals surface area contributed by atoms with E-state index in [0.717, 1.165) is 30.2 Å². The average molecular weight is 433 g/mol. The number of halogens is 1. The number of rotatable bonds is 9. The number of carbonyl (C=O) groups is 2. The molecule has 0 unspecified atom stereocenters. The zero-order valence-electron chi connectivity index (χ0n) is 15.5. The fraction of sp³-hybridized carbons (Fsp3) is 0.333. The molecule has 0 aliphatic carbocycles. The van der Waals surface area contributed by atoms with Crippen LogP contribution in [0.25, 0.3) is 0 Å². The van der Waals surface area contributed by atoms with Crippen LogP contribution in [0.2, 0.25) is 0 Å². The van der Waals surface area contributed by atoms with Gasteiger partial charge in [0.25, 0.3) is 5.91 Å². The third-order valence-corrected chi connectivity index (χ3v) is 4.49. The van der Waals surface area contributed by atoms with E-state index in [1.807, 2.05) is 36.4 Å². The van der Waals surface area contributed by atoms with E-state index in [1.165, 1.54) is 5.56 Å². The number of hydrogen-bond acceptors (Lipinski definition) is 3. The first-order chi connectivity index (χ1) is 13.1. The van der Waals surface area contributed by atoms with E-state index in [-0.39, 0.29) is 5.91 Å². The van der Waals surface area contributed by atoms with Gasteiger partial charge < -0.3 is 4.74 Å². The Labute approximate surface area is 168 Å². The first-order valence-corrected chi connectivity index (χ1v) is 9.95. The van der Waals surface area contributed by atoms with Crippen LogP contribution in [0.3, 0.4) is 0 Å². The molecule has 144 valence electrons. The molecule has 0 saturated heterocycles. The van der Waals surface area contributed by atoms with Crippen molar-refractivity contribution in [2.75, 3.05) is 6.61 Å². The van der Waals surface area contributed by atoms with Crippen LogP contribution in [0.4, 0.5) is 0 Å². The topological polar surface area (TPSA) is 67.4 Å². The predicted molar refractivity (Wildman–Crippen MR) is 110 cm³/mol. The molecule has 0 fully saturated rings. The SMILES string of the molecule is CCCCCC(=O)NNC(=O)c1cc(Br)ccc1OCCc1ccccc1. The van der Waals surface area contributed by atoms with Gasteiger partial charge in [-0.3, -0.25) is 20.4 Å². The van der Waals surface area contributed by atoms with Gasteiger partial charge in [-0.1, -0.05) is 66.0 Å². The maximum atomic E-state index is 12.5. The predicted octanol–water partition coefficient (Wildman–Crippen LogP) is 4.41. The molecule has 0 heterocycles. The quantitative estimate of drug-likeness (QED) is 0.455. The van der Waals surface area contributed by atoms with Gasteiger partial charge in [-0.2, -0.15) is 0 Å². The van der Waals surface area contributed by atoms with E-state index in [0.29, 0.717) is 24.3 Å². The molecule has 0 aromatic heterocycles. The summed E-state index contributed by atoms with van der Waals surface area (Å²) in [7, 11) is 0. The summed E-state index contributed by atoms with van der Waals surface area (Å²) < 4.78 is 6.57. The molecule has 2 rings (SSSR count). The van der Waals surface area contributed by atoms with Crippen molar-refractivity contribution in [1.29, 1.82) is 0 Å². The van der Waals surface area contributed by atoms with Crippen LogP contribution < -0.4 is 15.6 Å². The first-order valence-electron chi connectivity index (χ1n) is 9.15. The van der Waals surface area contributed by atoms with E-state index < -0.39 is 5.91 Å². The number of hydrogen-bond donors (Lipinski definition) is 2. The fourth-order valence-corrected chi connectivity index (χ4v) is 2.88. The van der Waals surface area contributed by atoms with Crippen LogP contribution >= 0.6 is 15.9 Å². The molecule has 0 aliphatic heterocycles. The number of unbranched alkanes of at least 4 members (excludes halogenated alkanes) is 2. The van der Waals surface area contributed by atoms with Gasteiger partial charge >= 0.3 is 0 Å². The highest BCUT2D eigenvalue weighted by Gasteiger charge is 2.14. The zero-order chi connectivity index (χ0) is 19.5. The Hall–Kier alpha value is -2.34. The van der Waals surface area contributed by atoms with Crippen molar-refractivity contribution >= 4 is 27.7 Å². The zero-order valence-corrected chi connectivity index (χ0v) is 17.1. The minimum absolute atomic E-state index is 0.196. The third-order valence-electron chi connectivity index (χ3n) is 4.00. The van der Waals surface area contributed by atoms with E-state index in [4.69, 9.17) is 4.74 Å². The largest absolute Gasteiger partial charge is 0.492 e. The Morgan fingerprint density at radius 3 is 2.56 bits per heavy atom. The molecule has 2 aromatic carbocycles. The van der Waals surface area contributed by atoms with Gasteiger partial charge in [-0.25, -0.2) is 0 Å². The van der Waals surface area contributed by atoms with Gasteiger partial charge in [0.1, 0.15) is 5.75 Å². The van der Waals surface area contributed by atoms with Crippen molar-refractivity contribution in [2.45, 2.75) is 39.0 Å². The highest BCUT2D eigenvalue weighted by Crippen LogP contribution is 2.23. The molecule has 2 aromatic rings. The van der Waals surface area contributed by atoms with Crippen LogP contribution in [-0.2, 0) is 11.2 Å². The monoisotopic (exact) mass is 432 g/mol. The highest BCUT2D eigenvalue weighted by atomic mass is 79.9. The van der Waals surface area contributed by atoms with E-state index in [9.17, 15) is 9.59 Å². The first kappa shape index (κ1) is 21.0. The number of carbonyl (C=O) groups excluding carboxylic acids is 2. The smallest absolute Gasteiger partial charge is 0.273 e. The van der Waals surface area contributed by atoms with E-state index >= 15 is 0 Å². The van der Waals surface area contributed by atoms with Gasteiger partial charge in [-0.15, -0.1) is 0 Å². The second-order valence-electron chi connectivity index (χ2n) is 6.18. The molecule has 0 atom stereocenters.